The smallest absolute Gasteiger partial charge is 0.331 e. The minimum Gasteiger partial charge on any atom is -0.427 e. The Kier molecular flexibility index (Phi) is 5.19. The molecule has 37 heavy (non-hydrogen) atoms. The molecule has 4 aromatic rings. The lowest BCUT2D eigenvalue weighted by atomic mass is 9.55. The van der Waals surface area contributed by atoms with E-state index in [-0.39, 0.29) is 5.41 Å². The number of aliphatic hydroxyl groups is 1. The Balaban J connectivity index is 1.66. The molecule has 0 aliphatic heterocycles. The molecule has 4 aromatic carbocycles. The van der Waals surface area contributed by atoms with Crippen molar-refractivity contribution in [3.8, 4) is 11.1 Å². The summed E-state index contributed by atoms with van der Waals surface area (Å²) in [4.78, 5) is 0. The third-order valence-electron chi connectivity index (χ3n) is 9.06. The number of hydrogen-bond donors (Lipinski definition) is 1. The van der Waals surface area contributed by atoms with Crippen LogP contribution in [-0.2, 0) is 15.5 Å². The van der Waals surface area contributed by atoms with Crippen LogP contribution in [0.15, 0.2) is 91.0 Å². The van der Waals surface area contributed by atoms with Crippen molar-refractivity contribution in [1.29, 1.82) is 0 Å². The van der Waals surface area contributed by atoms with Gasteiger partial charge in [0.15, 0.2) is 0 Å². The van der Waals surface area contributed by atoms with Gasteiger partial charge in [0.25, 0.3) is 0 Å². The first-order valence-corrected chi connectivity index (χ1v) is 13.2. The van der Waals surface area contributed by atoms with E-state index in [0.717, 1.165) is 5.46 Å². The maximum atomic E-state index is 10.7. The van der Waals surface area contributed by atoms with E-state index in [9.17, 15) is 5.11 Å². The molecule has 6 rings (SSSR count). The summed E-state index contributed by atoms with van der Waals surface area (Å²) >= 11 is 0. The van der Waals surface area contributed by atoms with Crippen molar-refractivity contribution >= 4 is 12.9 Å². The summed E-state index contributed by atoms with van der Waals surface area (Å²) in [5.41, 5.74) is 9.21. The van der Waals surface area contributed by atoms with Crippen LogP contribution in [0, 0.1) is 0 Å². The second-order valence-electron chi connectivity index (χ2n) is 12.1. The van der Waals surface area contributed by atoms with E-state index in [1.54, 1.807) is 13.8 Å². The first-order valence-electron chi connectivity index (χ1n) is 13.2. The molecule has 0 saturated heterocycles. The van der Waals surface area contributed by atoms with Crippen molar-refractivity contribution in [3.63, 3.8) is 0 Å². The Morgan fingerprint density at radius 3 is 1.68 bits per heavy atom. The molecular formula is C34H34BO2. The molecule has 0 unspecified atom stereocenters. The van der Waals surface area contributed by atoms with Crippen LogP contribution in [0.3, 0.4) is 0 Å². The molecule has 2 aliphatic carbocycles. The highest BCUT2D eigenvalue weighted by molar-refractivity contribution is 6.50. The third kappa shape index (κ3) is 3.20. The van der Waals surface area contributed by atoms with E-state index in [2.05, 4.69) is 105 Å². The summed E-state index contributed by atoms with van der Waals surface area (Å²) in [5.74, 6) is 0. The largest absolute Gasteiger partial charge is 0.427 e. The van der Waals surface area contributed by atoms with Gasteiger partial charge in [0.05, 0.1) is 16.6 Å². The molecule has 0 bridgehead atoms. The molecule has 1 radical (unpaired) electrons. The van der Waals surface area contributed by atoms with Crippen molar-refractivity contribution in [2.75, 3.05) is 0 Å². The van der Waals surface area contributed by atoms with E-state index in [0.29, 0.717) is 0 Å². The molecule has 2 nitrogen and oxygen atoms in total. The maximum Gasteiger partial charge on any atom is 0.331 e. The minimum absolute atomic E-state index is 0.111. The van der Waals surface area contributed by atoms with Crippen LogP contribution >= 0.6 is 0 Å². The highest BCUT2D eigenvalue weighted by atomic mass is 16.5. The van der Waals surface area contributed by atoms with Crippen molar-refractivity contribution in [1.82, 2.24) is 0 Å². The predicted octanol–water partition coefficient (Wildman–Crippen LogP) is 6.50. The van der Waals surface area contributed by atoms with Gasteiger partial charge in [-0.15, -0.1) is 0 Å². The molecule has 0 saturated carbocycles. The van der Waals surface area contributed by atoms with Crippen LogP contribution in [0.5, 0.6) is 0 Å². The van der Waals surface area contributed by atoms with Gasteiger partial charge in [0.2, 0.25) is 0 Å². The molecule has 1 spiro atoms. The summed E-state index contributed by atoms with van der Waals surface area (Å²) in [6.45, 7) is 12.1. The average molecular weight is 485 g/mol. The van der Waals surface area contributed by atoms with Crippen molar-refractivity contribution in [3.05, 3.63) is 124 Å². The minimum atomic E-state index is -0.993. The number of rotatable bonds is 4. The van der Waals surface area contributed by atoms with Crippen LogP contribution in [0.2, 0.25) is 0 Å². The van der Waals surface area contributed by atoms with Crippen molar-refractivity contribution in [2.45, 2.75) is 63.6 Å². The second kappa shape index (κ2) is 7.93. The van der Waals surface area contributed by atoms with Gasteiger partial charge in [0, 0.05) is 5.41 Å². The topological polar surface area (TPSA) is 29.5 Å². The maximum absolute atomic E-state index is 10.7. The highest BCUT2D eigenvalue weighted by Crippen LogP contribution is 2.61. The van der Waals surface area contributed by atoms with E-state index >= 15 is 0 Å². The Hall–Kier alpha value is -3.14. The lowest BCUT2D eigenvalue weighted by Gasteiger charge is -2.46. The molecule has 0 amide bonds. The Bertz CT molecular complexity index is 1470. The molecule has 0 fully saturated rings. The summed E-state index contributed by atoms with van der Waals surface area (Å²) in [6.07, 6.45) is 0. The predicted molar refractivity (Wildman–Crippen MR) is 153 cm³/mol. The molecule has 0 heterocycles. The standard InChI is InChI=1S/C34H34BO2/c1-31(2)24-16-9-11-18-26(24)34(27-19-12-10-17-25(27)31)23-15-8-7-14-22(23)30-28(34)20-13-21-29(30)35-37-33(5,6)32(3,4)36/h7-21,36H,1-6H3. The van der Waals surface area contributed by atoms with Gasteiger partial charge < -0.3 is 9.76 Å². The summed E-state index contributed by atoms with van der Waals surface area (Å²) in [5, 5.41) is 10.7. The lowest BCUT2D eigenvalue weighted by Crippen LogP contribution is -2.49. The van der Waals surface area contributed by atoms with Crippen LogP contribution < -0.4 is 5.46 Å². The molecule has 0 atom stereocenters. The van der Waals surface area contributed by atoms with Gasteiger partial charge in [-0.25, -0.2) is 0 Å². The average Bonchev–Trinajstić information content (AvgIpc) is 3.18. The van der Waals surface area contributed by atoms with Crippen LogP contribution in [0.25, 0.3) is 11.1 Å². The van der Waals surface area contributed by atoms with Crippen molar-refractivity contribution < 1.29 is 9.76 Å². The van der Waals surface area contributed by atoms with Gasteiger partial charge in [-0.3, -0.25) is 0 Å². The van der Waals surface area contributed by atoms with Gasteiger partial charge in [-0.05, 0) is 77.7 Å². The van der Waals surface area contributed by atoms with Gasteiger partial charge >= 0.3 is 7.48 Å². The fourth-order valence-electron chi connectivity index (χ4n) is 6.39. The van der Waals surface area contributed by atoms with E-state index in [1.165, 1.54) is 44.5 Å². The molecule has 1 N–H and O–H groups in total. The van der Waals surface area contributed by atoms with E-state index in [1.807, 2.05) is 21.3 Å². The summed E-state index contributed by atoms with van der Waals surface area (Å²) in [6, 6.07) is 33.3. The normalized spacial score (nSPS) is 16.5. The number of hydrogen-bond acceptors (Lipinski definition) is 2. The van der Waals surface area contributed by atoms with Crippen LogP contribution in [0.1, 0.15) is 74.9 Å². The quantitative estimate of drug-likeness (QED) is 0.295. The summed E-state index contributed by atoms with van der Waals surface area (Å²) in [7, 11) is 1.84. The molecule has 3 heteroatoms. The number of benzene rings is 4. The SMILES string of the molecule is CC1(C)c2ccccc2C2(c3ccccc3-c3c([B]OC(C)(C)C(C)(C)O)cccc32)c2ccccc21. The molecule has 0 aromatic heterocycles. The van der Waals surface area contributed by atoms with Gasteiger partial charge in [-0.1, -0.05) is 105 Å². The molecular weight excluding hydrogens is 451 g/mol. The lowest BCUT2D eigenvalue weighted by molar-refractivity contribution is -0.0893. The number of fused-ring (bicyclic) bond motifs is 9. The fourth-order valence-corrected chi connectivity index (χ4v) is 6.39. The first-order chi connectivity index (χ1) is 17.5. The highest BCUT2D eigenvalue weighted by Gasteiger charge is 2.53. The zero-order valence-corrected chi connectivity index (χ0v) is 22.6. The fraction of sp³-hybridized carbons (Fsp3) is 0.294. The van der Waals surface area contributed by atoms with E-state index < -0.39 is 16.6 Å². The van der Waals surface area contributed by atoms with Crippen LogP contribution in [-0.4, -0.2) is 23.8 Å². The summed E-state index contributed by atoms with van der Waals surface area (Å²) < 4.78 is 6.29. The Labute approximate surface area is 221 Å². The van der Waals surface area contributed by atoms with Crippen molar-refractivity contribution in [2.24, 2.45) is 0 Å². The molecule has 2 aliphatic rings. The van der Waals surface area contributed by atoms with Gasteiger partial charge in [0.1, 0.15) is 0 Å². The molecule has 185 valence electrons. The Morgan fingerprint density at radius 1 is 0.622 bits per heavy atom. The third-order valence-corrected chi connectivity index (χ3v) is 9.06. The zero-order chi connectivity index (χ0) is 26.2. The van der Waals surface area contributed by atoms with E-state index in [4.69, 9.17) is 4.65 Å². The monoisotopic (exact) mass is 485 g/mol. The van der Waals surface area contributed by atoms with Gasteiger partial charge in [-0.2, -0.15) is 0 Å². The van der Waals surface area contributed by atoms with Crippen LogP contribution in [0.4, 0.5) is 0 Å². The Morgan fingerprint density at radius 2 is 1.11 bits per heavy atom. The second-order valence-corrected chi connectivity index (χ2v) is 12.1. The first kappa shape index (κ1) is 24.2. The zero-order valence-electron chi connectivity index (χ0n) is 22.6.